The lowest BCUT2D eigenvalue weighted by Crippen LogP contribution is -2.44. The van der Waals surface area contributed by atoms with Gasteiger partial charge in [-0.15, -0.1) is 0 Å². The Balaban J connectivity index is 1.17. The molecule has 1 amide bonds. The first kappa shape index (κ1) is 24.9. The van der Waals surface area contributed by atoms with Gasteiger partial charge in [0.1, 0.15) is 11.6 Å². The van der Waals surface area contributed by atoms with Gasteiger partial charge in [-0.05, 0) is 73.3 Å². The predicted octanol–water partition coefficient (Wildman–Crippen LogP) is 4.42. The molecule has 3 saturated carbocycles. The molecule has 1 aromatic heterocycles. The van der Waals surface area contributed by atoms with Gasteiger partial charge >= 0.3 is 0 Å². The summed E-state index contributed by atoms with van der Waals surface area (Å²) in [7, 11) is -2.52. The second-order valence-electron chi connectivity index (χ2n) is 11.1. The van der Waals surface area contributed by atoms with Crippen LogP contribution >= 0.6 is 11.6 Å². The highest BCUT2D eigenvalue weighted by molar-refractivity contribution is 7.90. The minimum absolute atomic E-state index is 0.0872. The number of hydrogen-bond donors (Lipinski definition) is 1. The molecule has 10 heteroatoms. The van der Waals surface area contributed by atoms with Crippen LogP contribution in [0.25, 0.3) is 0 Å². The van der Waals surface area contributed by atoms with Crippen molar-refractivity contribution in [2.24, 2.45) is 5.41 Å². The van der Waals surface area contributed by atoms with Crippen molar-refractivity contribution in [3.8, 4) is 5.75 Å². The Hall–Kier alpha value is -2.36. The van der Waals surface area contributed by atoms with Crippen molar-refractivity contribution in [1.82, 2.24) is 9.71 Å². The maximum absolute atomic E-state index is 13.2. The SMILES string of the molecule is CO[C@H]1CCN(c2cccc(S(=O)(=O)NC(=O)C3(Oc4cc(Cl)ccc4C4CC5(CCC5)C4)CC3)n2)C1. The van der Waals surface area contributed by atoms with Crippen LogP contribution in [0.15, 0.2) is 41.4 Å². The van der Waals surface area contributed by atoms with Gasteiger partial charge < -0.3 is 14.4 Å². The molecule has 4 fully saturated rings. The van der Waals surface area contributed by atoms with Gasteiger partial charge in [0.05, 0.1) is 6.10 Å². The molecular weight excluding hydrogens is 514 g/mol. The molecule has 2 aromatic rings. The minimum Gasteiger partial charge on any atom is -0.477 e. The number of pyridine rings is 1. The largest absolute Gasteiger partial charge is 0.477 e. The van der Waals surface area contributed by atoms with Crippen LogP contribution in [-0.4, -0.2) is 51.2 Å². The first-order valence-electron chi connectivity index (χ1n) is 13.0. The standard InChI is InChI=1S/C27H32ClN3O5S/c1-35-20-8-13-31(17-20)23-4-2-5-24(29-23)37(33,34)30-25(32)27(11-12-27)36-22-14-19(28)6-7-21(22)18-15-26(16-18)9-3-10-26/h2,4-7,14,18,20H,3,8-13,15-17H2,1H3,(H,30,32)/t20-/m0/s1. The molecule has 0 bridgehead atoms. The van der Waals surface area contributed by atoms with Crippen molar-refractivity contribution >= 4 is 33.3 Å². The van der Waals surface area contributed by atoms with Gasteiger partial charge in [-0.2, -0.15) is 8.42 Å². The zero-order valence-electron chi connectivity index (χ0n) is 20.9. The highest BCUT2D eigenvalue weighted by Crippen LogP contribution is 2.63. The van der Waals surface area contributed by atoms with Crippen molar-refractivity contribution in [3.05, 3.63) is 47.0 Å². The van der Waals surface area contributed by atoms with Gasteiger partial charge in [0.15, 0.2) is 10.6 Å². The summed E-state index contributed by atoms with van der Waals surface area (Å²) in [4.78, 5) is 19.6. The zero-order chi connectivity index (χ0) is 25.8. The number of anilines is 1. The second-order valence-corrected chi connectivity index (χ2v) is 13.2. The average molecular weight is 546 g/mol. The second kappa shape index (κ2) is 9.13. The number of amides is 1. The highest BCUT2D eigenvalue weighted by atomic mass is 35.5. The van der Waals surface area contributed by atoms with Crippen LogP contribution in [0.2, 0.25) is 5.02 Å². The Morgan fingerprint density at radius 2 is 1.95 bits per heavy atom. The van der Waals surface area contributed by atoms with E-state index in [2.05, 4.69) is 9.71 Å². The molecule has 8 nitrogen and oxygen atoms in total. The van der Waals surface area contributed by atoms with Gasteiger partial charge in [0.25, 0.3) is 15.9 Å². The fourth-order valence-electron chi connectivity index (χ4n) is 6.05. The number of carbonyl (C=O) groups excluding carboxylic acids is 1. The fraction of sp³-hybridized carbons (Fsp3) is 0.556. The lowest BCUT2D eigenvalue weighted by molar-refractivity contribution is -0.128. The molecular formula is C27H32ClN3O5S. The normalized spacial score (nSPS) is 23.8. The number of carbonyl (C=O) groups is 1. The van der Waals surface area contributed by atoms with Crippen molar-refractivity contribution in [3.63, 3.8) is 0 Å². The van der Waals surface area contributed by atoms with E-state index in [4.69, 9.17) is 21.1 Å². The molecule has 1 aromatic carbocycles. The number of halogens is 1. The Morgan fingerprint density at radius 3 is 2.59 bits per heavy atom. The van der Waals surface area contributed by atoms with Crippen molar-refractivity contribution in [2.45, 2.75) is 74.0 Å². The number of aromatic nitrogens is 1. The summed E-state index contributed by atoms with van der Waals surface area (Å²) in [6.45, 7) is 1.36. The predicted molar refractivity (Wildman–Crippen MR) is 139 cm³/mol. The average Bonchev–Trinajstić information content (AvgIpc) is 3.44. The van der Waals surface area contributed by atoms with Crippen LogP contribution in [0.4, 0.5) is 5.82 Å². The number of methoxy groups -OCH3 is 1. The smallest absolute Gasteiger partial charge is 0.281 e. The molecule has 0 radical (unpaired) electrons. The lowest BCUT2D eigenvalue weighted by Gasteiger charge is -2.54. The summed E-state index contributed by atoms with van der Waals surface area (Å²) >= 11 is 6.28. The molecule has 6 rings (SSSR count). The molecule has 1 saturated heterocycles. The van der Waals surface area contributed by atoms with E-state index >= 15 is 0 Å². The number of benzene rings is 1. The van der Waals surface area contributed by atoms with Gasteiger partial charge in [0.2, 0.25) is 0 Å². The third kappa shape index (κ3) is 4.70. The zero-order valence-corrected chi connectivity index (χ0v) is 22.5. The van der Waals surface area contributed by atoms with E-state index in [1.807, 2.05) is 17.0 Å². The van der Waals surface area contributed by atoms with E-state index in [1.54, 1.807) is 25.3 Å². The summed E-state index contributed by atoms with van der Waals surface area (Å²) in [6, 6.07) is 10.4. The van der Waals surface area contributed by atoms with E-state index in [9.17, 15) is 13.2 Å². The number of ether oxygens (including phenoxy) is 2. The van der Waals surface area contributed by atoms with Crippen LogP contribution in [0.3, 0.4) is 0 Å². The van der Waals surface area contributed by atoms with Crippen molar-refractivity contribution in [1.29, 1.82) is 0 Å². The third-order valence-corrected chi connectivity index (χ3v) is 10.1. The first-order chi connectivity index (χ1) is 17.7. The number of hydrogen-bond acceptors (Lipinski definition) is 7. The summed E-state index contributed by atoms with van der Waals surface area (Å²) in [5.74, 6) is 0.833. The molecule has 1 spiro atoms. The molecule has 1 aliphatic heterocycles. The van der Waals surface area contributed by atoms with Gasteiger partial charge in [-0.1, -0.05) is 30.2 Å². The van der Waals surface area contributed by atoms with Crippen LogP contribution in [-0.2, 0) is 19.6 Å². The van der Waals surface area contributed by atoms with E-state index in [-0.39, 0.29) is 11.1 Å². The van der Waals surface area contributed by atoms with Crippen molar-refractivity contribution < 1.29 is 22.7 Å². The number of sulfonamides is 1. The van der Waals surface area contributed by atoms with E-state index in [0.717, 1.165) is 31.4 Å². The maximum atomic E-state index is 13.2. The summed E-state index contributed by atoms with van der Waals surface area (Å²) in [5, 5.41) is 0.331. The van der Waals surface area contributed by atoms with Crippen LogP contribution in [0, 0.1) is 5.41 Å². The maximum Gasteiger partial charge on any atom is 0.281 e. The molecule has 37 heavy (non-hydrogen) atoms. The summed E-state index contributed by atoms with van der Waals surface area (Å²) in [6.07, 6.45) is 7.95. The molecule has 0 unspecified atom stereocenters. The highest BCUT2D eigenvalue weighted by Gasteiger charge is 2.55. The van der Waals surface area contributed by atoms with Crippen LogP contribution in [0.5, 0.6) is 5.75 Å². The van der Waals surface area contributed by atoms with Crippen LogP contribution in [0.1, 0.15) is 62.8 Å². The van der Waals surface area contributed by atoms with Gasteiger partial charge in [-0.3, -0.25) is 4.79 Å². The summed E-state index contributed by atoms with van der Waals surface area (Å²) in [5.41, 5.74) is 0.326. The molecule has 1 N–H and O–H groups in total. The Kier molecular flexibility index (Phi) is 6.16. The molecule has 198 valence electrons. The minimum atomic E-state index is -4.18. The molecule has 2 heterocycles. The number of rotatable bonds is 8. The molecule has 1 atom stereocenters. The first-order valence-corrected chi connectivity index (χ1v) is 14.9. The van der Waals surface area contributed by atoms with Crippen molar-refractivity contribution in [2.75, 3.05) is 25.1 Å². The van der Waals surface area contributed by atoms with Gasteiger partial charge in [-0.25, -0.2) is 9.71 Å². The topological polar surface area (TPSA) is 97.8 Å². The van der Waals surface area contributed by atoms with Crippen LogP contribution < -0.4 is 14.4 Å². The lowest BCUT2D eigenvalue weighted by atomic mass is 9.50. The summed E-state index contributed by atoms with van der Waals surface area (Å²) < 4.78 is 40.2. The van der Waals surface area contributed by atoms with E-state index < -0.39 is 21.5 Å². The number of nitrogens with one attached hydrogen (secondary N) is 1. The Morgan fingerprint density at radius 1 is 1.16 bits per heavy atom. The molecule has 3 aliphatic carbocycles. The third-order valence-electron chi connectivity index (χ3n) is 8.63. The number of nitrogens with zero attached hydrogens (tertiary/aromatic N) is 2. The van der Waals surface area contributed by atoms with Gasteiger partial charge in [0, 0.05) is 38.1 Å². The monoisotopic (exact) mass is 545 g/mol. The van der Waals surface area contributed by atoms with E-state index in [1.165, 1.54) is 25.3 Å². The Labute approximate surface area is 222 Å². The quantitative estimate of drug-likeness (QED) is 0.524. The Bertz CT molecular complexity index is 1320. The fourth-order valence-corrected chi connectivity index (χ4v) is 7.22. The molecule has 4 aliphatic rings. The van der Waals surface area contributed by atoms with E-state index in [0.29, 0.717) is 47.3 Å².